The predicted octanol–water partition coefficient (Wildman–Crippen LogP) is 3.59. The molecule has 1 amide bonds. The summed E-state index contributed by atoms with van der Waals surface area (Å²) in [5, 5.41) is 2.87. The molecule has 1 atom stereocenters. The van der Waals surface area contributed by atoms with E-state index in [4.69, 9.17) is 4.42 Å². The quantitative estimate of drug-likeness (QED) is 0.559. The van der Waals surface area contributed by atoms with E-state index in [2.05, 4.69) is 20.3 Å². The number of carbonyl (C=O) groups is 1. The molecule has 0 aliphatic heterocycles. The van der Waals surface area contributed by atoms with Crippen LogP contribution in [0.4, 0.5) is 0 Å². The Morgan fingerprint density at radius 3 is 2.68 bits per heavy atom. The van der Waals surface area contributed by atoms with Crippen LogP contribution in [0.1, 0.15) is 24.7 Å². The average Bonchev–Trinajstić information content (AvgIpc) is 3.23. The molecular formula is C19H16N4O2. The molecule has 0 fully saturated rings. The van der Waals surface area contributed by atoms with E-state index in [-0.39, 0.29) is 11.9 Å². The summed E-state index contributed by atoms with van der Waals surface area (Å²) in [4.78, 5) is 24.1. The van der Waals surface area contributed by atoms with Crippen molar-refractivity contribution in [3.63, 3.8) is 0 Å². The maximum absolute atomic E-state index is 12.1. The van der Waals surface area contributed by atoms with Gasteiger partial charge in [-0.15, -0.1) is 0 Å². The number of hydrogen-bond acceptors (Lipinski definition) is 4. The summed E-state index contributed by atoms with van der Waals surface area (Å²) in [6.45, 7) is 1.88. The second-order valence-corrected chi connectivity index (χ2v) is 5.72. The van der Waals surface area contributed by atoms with E-state index in [0.717, 1.165) is 16.6 Å². The largest absolute Gasteiger partial charge is 0.437 e. The van der Waals surface area contributed by atoms with Gasteiger partial charge in [-0.2, -0.15) is 0 Å². The molecule has 0 aliphatic rings. The predicted molar refractivity (Wildman–Crippen MR) is 95.7 cm³/mol. The lowest BCUT2D eigenvalue weighted by Gasteiger charge is -2.08. The summed E-state index contributed by atoms with van der Waals surface area (Å²) < 4.78 is 5.55. The van der Waals surface area contributed by atoms with E-state index in [9.17, 15) is 4.79 Å². The van der Waals surface area contributed by atoms with Crippen molar-refractivity contribution in [2.45, 2.75) is 13.0 Å². The number of hydrogen-bond donors (Lipinski definition) is 2. The minimum absolute atomic E-state index is 0.241. The summed E-state index contributed by atoms with van der Waals surface area (Å²) in [5.41, 5.74) is 3.28. The molecular weight excluding hydrogens is 316 g/mol. The van der Waals surface area contributed by atoms with Crippen LogP contribution < -0.4 is 5.32 Å². The van der Waals surface area contributed by atoms with Gasteiger partial charge in [-0.1, -0.05) is 24.3 Å². The molecule has 0 radical (unpaired) electrons. The highest BCUT2D eigenvalue weighted by molar-refractivity contribution is 5.91. The number of H-pyrrole nitrogens is 1. The molecule has 2 aromatic carbocycles. The third kappa shape index (κ3) is 3.14. The van der Waals surface area contributed by atoms with Gasteiger partial charge >= 0.3 is 0 Å². The highest BCUT2D eigenvalue weighted by Gasteiger charge is 2.12. The number of amides is 1. The molecule has 6 heteroatoms. The van der Waals surface area contributed by atoms with Crippen molar-refractivity contribution in [1.82, 2.24) is 20.3 Å². The normalized spacial score (nSPS) is 12.8. The molecule has 1 unspecified atom stereocenters. The Morgan fingerprint density at radius 1 is 1.12 bits per heavy atom. The van der Waals surface area contributed by atoms with Crippen molar-refractivity contribution in [1.29, 1.82) is 0 Å². The Balaban J connectivity index is 1.45. The van der Waals surface area contributed by atoms with Crippen molar-refractivity contribution in [2.75, 3.05) is 0 Å². The van der Waals surface area contributed by atoms with E-state index in [1.165, 1.54) is 6.08 Å². The standard InChI is InChI=1S/C19H16N4O2/c1-12(19-22-13-6-2-3-7-14(13)23-19)20-17(24)10-11-18-21-15-8-4-5-9-16(15)25-18/h2-12H,1H3,(H,20,24)(H,22,23)/b11-10+. The van der Waals surface area contributed by atoms with Crippen LogP contribution in [0.15, 0.2) is 59.0 Å². The van der Waals surface area contributed by atoms with Gasteiger partial charge in [-0.05, 0) is 31.2 Å². The van der Waals surface area contributed by atoms with Crippen LogP contribution in [0.25, 0.3) is 28.2 Å². The maximum atomic E-state index is 12.1. The number of para-hydroxylation sites is 4. The Hall–Kier alpha value is -3.41. The van der Waals surface area contributed by atoms with Gasteiger partial charge in [0.15, 0.2) is 5.58 Å². The average molecular weight is 332 g/mol. The minimum atomic E-state index is -0.242. The van der Waals surface area contributed by atoms with Gasteiger partial charge in [0.1, 0.15) is 11.3 Å². The molecule has 25 heavy (non-hydrogen) atoms. The Labute approximate surface area is 143 Å². The molecule has 0 aliphatic carbocycles. The maximum Gasteiger partial charge on any atom is 0.244 e. The number of aromatic nitrogens is 3. The first-order valence-corrected chi connectivity index (χ1v) is 7.98. The fraction of sp³-hybridized carbons (Fsp3) is 0.105. The Morgan fingerprint density at radius 2 is 1.88 bits per heavy atom. The number of rotatable bonds is 4. The monoisotopic (exact) mass is 332 g/mol. The van der Waals surface area contributed by atoms with E-state index < -0.39 is 0 Å². The van der Waals surface area contributed by atoms with Crippen molar-refractivity contribution in [3.8, 4) is 0 Å². The van der Waals surface area contributed by atoms with E-state index in [1.807, 2.05) is 55.5 Å². The van der Waals surface area contributed by atoms with Gasteiger partial charge in [0.05, 0.1) is 17.1 Å². The summed E-state index contributed by atoms with van der Waals surface area (Å²) in [6, 6.07) is 15.0. The van der Waals surface area contributed by atoms with Crippen LogP contribution in [0.5, 0.6) is 0 Å². The first-order chi connectivity index (χ1) is 12.2. The topological polar surface area (TPSA) is 83.8 Å². The highest BCUT2D eigenvalue weighted by Crippen LogP contribution is 2.17. The summed E-state index contributed by atoms with van der Waals surface area (Å²) in [5.74, 6) is 0.868. The van der Waals surface area contributed by atoms with Crippen LogP contribution in [0.3, 0.4) is 0 Å². The number of nitrogens with zero attached hydrogens (tertiary/aromatic N) is 2. The third-order valence-electron chi connectivity index (χ3n) is 3.86. The smallest absolute Gasteiger partial charge is 0.244 e. The fourth-order valence-electron chi connectivity index (χ4n) is 2.62. The zero-order valence-electron chi connectivity index (χ0n) is 13.6. The van der Waals surface area contributed by atoms with Crippen molar-refractivity contribution < 1.29 is 9.21 Å². The Bertz CT molecular complexity index is 1010. The summed E-state index contributed by atoms with van der Waals surface area (Å²) >= 11 is 0. The van der Waals surface area contributed by atoms with Crippen LogP contribution in [-0.4, -0.2) is 20.9 Å². The molecule has 2 aromatic heterocycles. The number of imidazole rings is 1. The van der Waals surface area contributed by atoms with Gasteiger partial charge in [-0.3, -0.25) is 4.79 Å². The van der Waals surface area contributed by atoms with Gasteiger partial charge in [-0.25, -0.2) is 9.97 Å². The van der Waals surface area contributed by atoms with Crippen LogP contribution in [0, 0.1) is 0 Å². The number of fused-ring (bicyclic) bond motifs is 2. The molecule has 4 aromatic rings. The van der Waals surface area contributed by atoms with Crippen LogP contribution >= 0.6 is 0 Å². The van der Waals surface area contributed by atoms with Gasteiger partial charge < -0.3 is 14.7 Å². The van der Waals surface area contributed by atoms with Gasteiger partial charge in [0.25, 0.3) is 0 Å². The molecule has 6 nitrogen and oxygen atoms in total. The molecule has 0 spiro atoms. The lowest BCUT2D eigenvalue weighted by molar-refractivity contribution is -0.117. The second kappa shape index (κ2) is 6.24. The van der Waals surface area contributed by atoms with Crippen LogP contribution in [0.2, 0.25) is 0 Å². The van der Waals surface area contributed by atoms with Crippen molar-refractivity contribution in [2.24, 2.45) is 0 Å². The van der Waals surface area contributed by atoms with Crippen molar-refractivity contribution in [3.05, 3.63) is 66.3 Å². The SMILES string of the molecule is CC(NC(=O)/C=C/c1nc2ccccc2o1)c1nc2ccccc2[nH]1. The van der Waals surface area contributed by atoms with Gasteiger partial charge in [0, 0.05) is 12.2 Å². The third-order valence-corrected chi connectivity index (χ3v) is 3.86. The van der Waals surface area contributed by atoms with E-state index >= 15 is 0 Å². The molecule has 2 heterocycles. The molecule has 0 saturated heterocycles. The zero-order valence-corrected chi connectivity index (χ0v) is 13.6. The number of aromatic amines is 1. The van der Waals surface area contributed by atoms with Crippen LogP contribution in [-0.2, 0) is 4.79 Å². The molecule has 2 N–H and O–H groups in total. The van der Waals surface area contributed by atoms with E-state index in [0.29, 0.717) is 17.3 Å². The summed E-state index contributed by atoms with van der Waals surface area (Å²) in [7, 11) is 0. The number of benzene rings is 2. The lowest BCUT2D eigenvalue weighted by Crippen LogP contribution is -2.25. The first-order valence-electron chi connectivity index (χ1n) is 7.98. The summed E-state index contributed by atoms with van der Waals surface area (Å²) in [6.07, 6.45) is 2.96. The number of nitrogens with one attached hydrogen (secondary N) is 2. The van der Waals surface area contributed by atoms with Crippen molar-refractivity contribution >= 4 is 34.1 Å². The highest BCUT2D eigenvalue weighted by atomic mass is 16.3. The zero-order chi connectivity index (χ0) is 17.2. The second-order valence-electron chi connectivity index (χ2n) is 5.72. The lowest BCUT2D eigenvalue weighted by atomic mass is 10.3. The number of carbonyl (C=O) groups excluding carboxylic acids is 1. The molecule has 124 valence electrons. The number of oxazole rings is 1. The molecule has 0 saturated carbocycles. The Kier molecular flexibility index (Phi) is 3.78. The molecule has 0 bridgehead atoms. The van der Waals surface area contributed by atoms with E-state index in [1.54, 1.807) is 6.08 Å². The molecule has 4 rings (SSSR count). The first kappa shape index (κ1) is 15.1. The minimum Gasteiger partial charge on any atom is -0.437 e. The van der Waals surface area contributed by atoms with Gasteiger partial charge in [0.2, 0.25) is 11.8 Å². The fourth-order valence-corrected chi connectivity index (χ4v) is 2.62.